The molecule has 0 heterocycles. The van der Waals surface area contributed by atoms with Crippen LogP contribution in [0.1, 0.15) is 0 Å². The van der Waals surface area contributed by atoms with E-state index in [2.05, 4.69) is 0 Å². The molecule has 0 atom stereocenters. The fourth-order valence-electron chi connectivity index (χ4n) is 0. The first kappa shape index (κ1) is 9.47. The number of hydrogen-bond donors (Lipinski definition) is 0. The molecule has 0 nitrogen and oxygen atoms in total. The molecule has 0 bridgehead atoms. The molecule has 0 fully saturated rings. The molecule has 0 aromatic rings. The van der Waals surface area contributed by atoms with Crippen molar-refractivity contribution in [2.45, 2.75) is 0 Å². The quantitative estimate of drug-likeness (QED) is 0.359. The largest absolute Gasteiger partial charge is 2.00 e. The zero-order valence-corrected chi connectivity index (χ0v) is 5.81. The normalized spacial score (nSPS) is 5.83. The third-order valence-electron chi connectivity index (χ3n) is 0.0714. The van der Waals surface area contributed by atoms with Crippen LogP contribution in [0, 0.1) is 6.33 Å². The van der Waals surface area contributed by atoms with Crippen molar-refractivity contribution in [3.05, 3.63) is 12.4 Å². The molecule has 0 saturated heterocycles. The molecule has 0 rings (SSSR count). The third-order valence-corrected chi connectivity index (χ3v) is 0.0714. The fraction of sp³-hybridized carbons (Fsp3) is 0. The summed E-state index contributed by atoms with van der Waals surface area (Å²) in [4.78, 5) is 0. The summed E-state index contributed by atoms with van der Waals surface area (Å²) < 4.78 is 30.5. The SMILES string of the molecule is F[C-]=C(F)F.[Zn+2]. The Morgan fingerprint density at radius 2 is 1.50 bits per heavy atom. The van der Waals surface area contributed by atoms with Crippen LogP contribution in [0.15, 0.2) is 6.08 Å². The molecule has 0 N–H and O–H groups in total. The van der Waals surface area contributed by atoms with E-state index >= 15 is 0 Å². The molecule has 0 aliphatic rings. The Kier molecular flexibility index (Phi) is 8.14. The van der Waals surface area contributed by atoms with Gasteiger partial charge in [-0.05, 0) is 0 Å². The van der Waals surface area contributed by atoms with Crippen molar-refractivity contribution in [1.82, 2.24) is 0 Å². The zero-order valence-electron chi connectivity index (χ0n) is 2.84. The van der Waals surface area contributed by atoms with Gasteiger partial charge in [-0.1, -0.05) is 0 Å². The molecule has 0 radical (unpaired) electrons. The van der Waals surface area contributed by atoms with Gasteiger partial charge in [-0.3, -0.25) is 0 Å². The monoisotopic (exact) mass is 145 g/mol. The van der Waals surface area contributed by atoms with Crippen molar-refractivity contribution >= 4 is 0 Å². The average Bonchev–Trinajstić information content (AvgIpc) is 1.38. The van der Waals surface area contributed by atoms with Crippen LogP contribution in [0.25, 0.3) is 0 Å². The van der Waals surface area contributed by atoms with Gasteiger partial charge >= 0.3 is 19.5 Å². The molecule has 6 heavy (non-hydrogen) atoms. The number of rotatable bonds is 0. The summed E-state index contributed by atoms with van der Waals surface area (Å²) in [6.07, 6.45) is -2.30. The third kappa shape index (κ3) is 8.91. The Bertz CT molecular complexity index is 46.8. The van der Waals surface area contributed by atoms with E-state index < -0.39 is 6.08 Å². The molecule has 0 aliphatic carbocycles. The molecule has 0 spiro atoms. The summed E-state index contributed by atoms with van der Waals surface area (Å²) >= 11 is 0. The predicted molar refractivity (Wildman–Crippen MR) is 10.1 cm³/mol. The molecule has 0 saturated carbocycles. The van der Waals surface area contributed by atoms with E-state index in [4.69, 9.17) is 0 Å². The van der Waals surface area contributed by atoms with Gasteiger partial charge in [0.25, 0.3) is 0 Å². The van der Waals surface area contributed by atoms with Crippen LogP contribution in [0.4, 0.5) is 13.2 Å². The van der Waals surface area contributed by atoms with E-state index in [0.29, 0.717) is 0 Å². The summed E-state index contributed by atoms with van der Waals surface area (Å²) in [7, 11) is 0. The molecule has 4 heteroatoms. The Morgan fingerprint density at radius 3 is 1.50 bits per heavy atom. The van der Waals surface area contributed by atoms with Gasteiger partial charge in [-0.2, -0.15) is 0 Å². The van der Waals surface area contributed by atoms with Gasteiger partial charge in [0.2, 0.25) is 0 Å². The van der Waals surface area contributed by atoms with Crippen molar-refractivity contribution in [2.24, 2.45) is 0 Å². The predicted octanol–water partition coefficient (Wildman–Crippen LogP) is 1.49. The summed E-state index contributed by atoms with van der Waals surface area (Å²) in [5, 5.41) is 0. The van der Waals surface area contributed by atoms with Gasteiger partial charge in [0.15, 0.2) is 0 Å². The Balaban J connectivity index is 0. The van der Waals surface area contributed by atoms with Gasteiger partial charge in [0, 0.05) is 0 Å². The molecule has 0 aliphatic heterocycles. The second-order valence-corrected chi connectivity index (χ2v) is 0.355. The van der Waals surface area contributed by atoms with Crippen molar-refractivity contribution in [3.8, 4) is 0 Å². The summed E-state index contributed by atoms with van der Waals surface area (Å²) in [5.74, 6) is 0. The first-order valence-corrected chi connectivity index (χ1v) is 0.817. The molecule has 0 amide bonds. The minimum atomic E-state index is -2.41. The van der Waals surface area contributed by atoms with E-state index in [1.807, 2.05) is 0 Å². The molecular formula is C2F3Zn+. The van der Waals surface area contributed by atoms with Crippen molar-refractivity contribution in [1.29, 1.82) is 0 Å². The van der Waals surface area contributed by atoms with Crippen LogP contribution < -0.4 is 0 Å². The van der Waals surface area contributed by atoms with Crippen LogP contribution in [0.3, 0.4) is 0 Å². The van der Waals surface area contributed by atoms with Crippen LogP contribution in [-0.2, 0) is 19.5 Å². The Labute approximate surface area is 45.8 Å². The maximum atomic E-state index is 10.2. The Hall–Kier alpha value is 0.153. The molecular weight excluding hydrogens is 146 g/mol. The molecule has 0 aromatic carbocycles. The first-order valence-electron chi connectivity index (χ1n) is 0.817. The smallest absolute Gasteiger partial charge is 0.453 e. The molecule has 0 unspecified atom stereocenters. The Morgan fingerprint density at radius 1 is 1.33 bits per heavy atom. The first-order chi connectivity index (χ1) is 2.27. The minimum absolute atomic E-state index is 0. The standard InChI is InChI=1S/C2F3.Zn/c3-1-2(4)5;/q-1;+2. The van der Waals surface area contributed by atoms with Crippen LogP contribution in [0.5, 0.6) is 0 Å². The summed E-state index contributed by atoms with van der Waals surface area (Å²) in [6, 6.07) is 0. The zero-order chi connectivity index (χ0) is 4.28. The minimum Gasteiger partial charge on any atom is -0.453 e. The van der Waals surface area contributed by atoms with Crippen LogP contribution in [0.2, 0.25) is 0 Å². The molecule has 0 aromatic heterocycles. The van der Waals surface area contributed by atoms with Crippen LogP contribution in [-0.4, -0.2) is 0 Å². The van der Waals surface area contributed by atoms with E-state index in [1.54, 1.807) is 0 Å². The van der Waals surface area contributed by atoms with Gasteiger partial charge in [-0.15, -0.1) is 0 Å². The fourth-order valence-corrected chi connectivity index (χ4v) is 0. The van der Waals surface area contributed by atoms with Gasteiger partial charge in [0.05, 0.1) is 0 Å². The van der Waals surface area contributed by atoms with E-state index in [0.717, 1.165) is 0 Å². The maximum Gasteiger partial charge on any atom is 2.00 e. The summed E-state index contributed by atoms with van der Waals surface area (Å²) in [5.41, 5.74) is 0. The van der Waals surface area contributed by atoms with Crippen molar-refractivity contribution in [3.63, 3.8) is 0 Å². The van der Waals surface area contributed by atoms with Crippen LogP contribution >= 0.6 is 0 Å². The topological polar surface area (TPSA) is 0 Å². The van der Waals surface area contributed by atoms with Crippen molar-refractivity contribution < 1.29 is 32.6 Å². The second-order valence-electron chi connectivity index (χ2n) is 0.355. The van der Waals surface area contributed by atoms with E-state index in [9.17, 15) is 13.2 Å². The second kappa shape index (κ2) is 5.15. The number of halogens is 3. The number of hydrogen-bond acceptors (Lipinski definition) is 0. The average molecular weight is 146 g/mol. The van der Waals surface area contributed by atoms with Gasteiger partial charge < -0.3 is 4.39 Å². The van der Waals surface area contributed by atoms with Gasteiger partial charge in [-0.25, -0.2) is 15.1 Å². The van der Waals surface area contributed by atoms with Crippen molar-refractivity contribution in [2.75, 3.05) is 0 Å². The molecule has 30 valence electrons. The maximum absolute atomic E-state index is 10.2. The van der Waals surface area contributed by atoms with Gasteiger partial charge in [0.1, 0.15) is 6.08 Å². The summed E-state index contributed by atoms with van der Waals surface area (Å²) in [6.45, 7) is 0. The van der Waals surface area contributed by atoms with E-state index in [-0.39, 0.29) is 25.8 Å². The van der Waals surface area contributed by atoms with E-state index in [1.165, 1.54) is 0 Å².